The van der Waals surface area contributed by atoms with Crippen LogP contribution in [0.2, 0.25) is 0 Å². The predicted molar refractivity (Wildman–Crippen MR) is 72.2 cm³/mol. The monoisotopic (exact) mass is 274 g/mol. The number of rotatable bonds is 0. The van der Waals surface area contributed by atoms with Gasteiger partial charge in [0.2, 0.25) is 0 Å². The van der Waals surface area contributed by atoms with Gasteiger partial charge in [0.1, 0.15) is 18.0 Å². The molecular weight excluding hydrogens is 254 g/mol. The van der Waals surface area contributed by atoms with Crippen LogP contribution in [0.5, 0.6) is 0 Å². The predicted octanol–water partition coefficient (Wildman–Crippen LogP) is -0.137. The van der Waals surface area contributed by atoms with E-state index in [2.05, 4.69) is 24.3 Å². The Hall–Kier alpha value is -1.39. The van der Waals surface area contributed by atoms with Crippen LogP contribution in [0.15, 0.2) is 24.3 Å². The van der Waals surface area contributed by atoms with Gasteiger partial charge >= 0.3 is 5.97 Å². The van der Waals surface area contributed by atoms with Crippen LogP contribution in [-0.4, -0.2) is 35.9 Å². The third-order valence-electron chi connectivity index (χ3n) is 5.35. The Balaban J connectivity index is 1.76. The summed E-state index contributed by atoms with van der Waals surface area (Å²) in [6.45, 7) is 2.99. The molecule has 1 aromatic carbocycles. The number of aliphatic hydroxyl groups excluding tert-OH is 1. The van der Waals surface area contributed by atoms with E-state index in [-0.39, 0.29) is 24.0 Å². The minimum atomic E-state index is -0.572. The van der Waals surface area contributed by atoms with Gasteiger partial charge in [-0.1, -0.05) is 24.3 Å². The fourth-order valence-electron chi connectivity index (χ4n) is 4.52. The molecule has 0 spiro atoms. The van der Waals surface area contributed by atoms with Crippen LogP contribution in [0, 0.1) is 5.92 Å². The molecular formula is C16H20NO3+. The van der Waals surface area contributed by atoms with E-state index in [1.165, 1.54) is 16.0 Å². The summed E-state index contributed by atoms with van der Waals surface area (Å²) in [7, 11) is 0. The second-order valence-corrected chi connectivity index (χ2v) is 6.32. The number of cyclic esters (lactones) is 1. The number of nitrogens with one attached hydrogen (secondary N) is 1. The molecule has 3 heterocycles. The molecule has 0 bridgehead atoms. The van der Waals surface area contributed by atoms with Crippen molar-refractivity contribution < 1.29 is 19.5 Å². The van der Waals surface area contributed by atoms with E-state index in [9.17, 15) is 9.90 Å². The molecule has 20 heavy (non-hydrogen) atoms. The van der Waals surface area contributed by atoms with E-state index in [0.717, 1.165) is 13.0 Å². The molecule has 1 aromatic rings. The Morgan fingerprint density at radius 1 is 1.35 bits per heavy atom. The Morgan fingerprint density at radius 3 is 3.00 bits per heavy atom. The minimum Gasteiger partial charge on any atom is -0.456 e. The van der Waals surface area contributed by atoms with Gasteiger partial charge in [-0.25, -0.2) is 0 Å². The molecule has 0 aromatic heterocycles. The van der Waals surface area contributed by atoms with Crippen molar-refractivity contribution in [2.45, 2.75) is 44.1 Å². The van der Waals surface area contributed by atoms with Gasteiger partial charge in [-0.3, -0.25) is 4.79 Å². The first-order chi connectivity index (χ1) is 9.66. The summed E-state index contributed by atoms with van der Waals surface area (Å²) in [4.78, 5) is 13.4. The standard InChI is InChI=1S/C16H19NO3/c1-9-15-14(16(19)20-9)13(18)8-12-11-5-3-2-4-10(11)6-7-17(12)15/h2-5,9,12-15,18H,6-8H2,1H3/p+1/t9-,12+,13+,14-,15-/m1/s1. The summed E-state index contributed by atoms with van der Waals surface area (Å²) >= 11 is 0. The number of carbonyl (C=O) groups is 1. The van der Waals surface area contributed by atoms with Crippen molar-refractivity contribution >= 4 is 5.97 Å². The van der Waals surface area contributed by atoms with Gasteiger partial charge in [0, 0.05) is 18.4 Å². The lowest BCUT2D eigenvalue weighted by Gasteiger charge is -2.45. The summed E-state index contributed by atoms with van der Waals surface area (Å²) in [6.07, 6.45) is 1.04. The SMILES string of the molecule is C[C@H]1OC(=O)[C@H]2[C@@H]1[NH+]1CCc3ccccc3[C@@H]1C[C@@H]2O. The molecule has 4 nitrogen and oxygen atoms in total. The van der Waals surface area contributed by atoms with Gasteiger partial charge < -0.3 is 14.7 Å². The summed E-state index contributed by atoms with van der Waals surface area (Å²) in [6, 6.07) is 8.91. The van der Waals surface area contributed by atoms with Crippen molar-refractivity contribution in [1.82, 2.24) is 0 Å². The molecule has 4 heteroatoms. The van der Waals surface area contributed by atoms with Gasteiger partial charge in [-0.15, -0.1) is 0 Å². The van der Waals surface area contributed by atoms with Crippen molar-refractivity contribution in [1.29, 1.82) is 0 Å². The molecule has 106 valence electrons. The van der Waals surface area contributed by atoms with Gasteiger partial charge in [0.15, 0.2) is 6.10 Å². The summed E-state index contributed by atoms with van der Waals surface area (Å²) in [5.41, 5.74) is 2.74. The Bertz CT molecular complexity index is 558. The third kappa shape index (κ3) is 1.58. The second-order valence-electron chi connectivity index (χ2n) is 6.32. The molecule has 0 aliphatic carbocycles. The molecule has 4 rings (SSSR count). The highest BCUT2D eigenvalue weighted by Gasteiger charge is 2.58. The minimum absolute atomic E-state index is 0.0924. The number of fused-ring (bicyclic) bond motifs is 5. The van der Waals surface area contributed by atoms with Crippen LogP contribution in [0.4, 0.5) is 0 Å². The van der Waals surface area contributed by atoms with Crippen LogP contribution < -0.4 is 4.90 Å². The van der Waals surface area contributed by atoms with Gasteiger partial charge in [0.25, 0.3) is 0 Å². The first kappa shape index (κ1) is 12.4. The Kier molecular flexibility index (Phi) is 2.66. The number of hydrogen-bond donors (Lipinski definition) is 2. The molecule has 0 radical (unpaired) electrons. The normalized spacial score (nSPS) is 42.4. The molecule has 2 saturated heterocycles. The summed E-state index contributed by atoms with van der Waals surface area (Å²) < 4.78 is 5.40. The number of benzene rings is 1. The maximum atomic E-state index is 12.0. The molecule has 1 unspecified atom stereocenters. The second kappa shape index (κ2) is 4.30. The molecule has 3 aliphatic rings. The van der Waals surface area contributed by atoms with Gasteiger partial charge in [0.05, 0.1) is 12.6 Å². The fourth-order valence-corrected chi connectivity index (χ4v) is 4.52. The molecule has 2 N–H and O–H groups in total. The Labute approximate surface area is 118 Å². The maximum Gasteiger partial charge on any atom is 0.318 e. The lowest BCUT2D eigenvalue weighted by Crippen LogP contribution is -3.20. The number of esters is 1. The highest BCUT2D eigenvalue weighted by Crippen LogP contribution is 2.35. The van der Waals surface area contributed by atoms with Crippen molar-refractivity contribution in [2.75, 3.05) is 6.54 Å². The van der Waals surface area contributed by atoms with Crippen molar-refractivity contribution in [3.63, 3.8) is 0 Å². The smallest absolute Gasteiger partial charge is 0.318 e. The quantitative estimate of drug-likeness (QED) is 0.648. The number of piperidine rings is 1. The zero-order valence-electron chi connectivity index (χ0n) is 11.6. The molecule has 2 fully saturated rings. The molecule has 3 aliphatic heterocycles. The first-order valence-electron chi connectivity index (χ1n) is 7.49. The fraction of sp³-hybridized carbons (Fsp3) is 0.562. The van der Waals surface area contributed by atoms with E-state index in [1.807, 2.05) is 6.92 Å². The average molecular weight is 274 g/mol. The largest absolute Gasteiger partial charge is 0.456 e. The number of aliphatic hydroxyl groups is 1. The number of ether oxygens (including phenoxy) is 1. The molecule has 0 amide bonds. The van der Waals surface area contributed by atoms with Gasteiger partial charge in [-0.2, -0.15) is 0 Å². The zero-order valence-corrected chi connectivity index (χ0v) is 11.6. The topological polar surface area (TPSA) is 51.0 Å². The van der Waals surface area contributed by atoms with Crippen molar-refractivity contribution in [3.05, 3.63) is 35.4 Å². The highest BCUT2D eigenvalue weighted by molar-refractivity contribution is 5.76. The van der Waals surface area contributed by atoms with E-state index in [4.69, 9.17) is 4.74 Å². The van der Waals surface area contributed by atoms with E-state index in [1.54, 1.807) is 0 Å². The zero-order chi connectivity index (χ0) is 13.9. The molecule has 6 atom stereocenters. The number of hydrogen-bond acceptors (Lipinski definition) is 3. The lowest BCUT2D eigenvalue weighted by molar-refractivity contribution is -0.968. The first-order valence-corrected chi connectivity index (χ1v) is 7.49. The maximum absolute atomic E-state index is 12.0. The third-order valence-corrected chi connectivity index (χ3v) is 5.35. The van der Waals surface area contributed by atoms with Crippen LogP contribution >= 0.6 is 0 Å². The van der Waals surface area contributed by atoms with Crippen molar-refractivity contribution in [2.24, 2.45) is 5.92 Å². The van der Waals surface area contributed by atoms with Gasteiger partial charge in [-0.05, 0) is 12.5 Å². The van der Waals surface area contributed by atoms with Crippen LogP contribution in [-0.2, 0) is 16.0 Å². The summed E-state index contributed by atoms with van der Waals surface area (Å²) in [5, 5.41) is 10.4. The number of carbonyl (C=O) groups excluding carboxylic acids is 1. The van der Waals surface area contributed by atoms with Crippen LogP contribution in [0.3, 0.4) is 0 Å². The lowest BCUT2D eigenvalue weighted by atomic mass is 9.77. The molecule has 0 saturated carbocycles. The van der Waals surface area contributed by atoms with E-state index < -0.39 is 6.10 Å². The highest BCUT2D eigenvalue weighted by atomic mass is 16.6. The summed E-state index contributed by atoms with van der Waals surface area (Å²) in [5.74, 6) is -0.540. The van der Waals surface area contributed by atoms with E-state index >= 15 is 0 Å². The van der Waals surface area contributed by atoms with Crippen molar-refractivity contribution in [3.8, 4) is 0 Å². The van der Waals surface area contributed by atoms with Crippen LogP contribution in [0.25, 0.3) is 0 Å². The Morgan fingerprint density at radius 2 is 2.15 bits per heavy atom. The van der Waals surface area contributed by atoms with E-state index in [0.29, 0.717) is 12.5 Å². The number of quaternary nitrogens is 1. The van der Waals surface area contributed by atoms with Crippen LogP contribution in [0.1, 0.15) is 30.5 Å². The average Bonchev–Trinajstić information content (AvgIpc) is 2.75.